The van der Waals surface area contributed by atoms with Crippen LogP contribution in [0.1, 0.15) is 18.1 Å². The Balaban J connectivity index is 1.53. The van der Waals surface area contributed by atoms with Crippen molar-refractivity contribution in [2.24, 2.45) is 10.2 Å². The van der Waals surface area contributed by atoms with Crippen molar-refractivity contribution in [1.82, 2.24) is 0 Å². The summed E-state index contributed by atoms with van der Waals surface area (Å²) in [5.41, 5.74) is 5.32. The Kier molecular flexibility index (Phi) is 4.65. The van der Waals surface area contributed by atoms with Crippen LogP contribution >= 0.6 is 0 Å². The van der Waals surface area contributed by atoms with Crippen molar-refractivity contribution < 1.29 is 4.74 Å². The van der Waals surface area contributed by atoms with E-state index in [9.17, 15) is 0 Å². The maximum atomic E-state index is 5.92. The van der Waals surface area contributed by atoms with E-state index in [4.69, 9.17) is 4.74 Å². The maximum Gasteiger partial charge on any atom is 0.161 e. The summed E-state index contributed by atoms with van der Waals surface area (Å²) < 4.78 is 5.92. The molecule has 1 aliphatic heterocycles. The highest BCUT2D eigenvalue weighted by atomic mass is 16.5. The van der Waals surface area contributed by atoms with Gasteiger partial charge in [0.2, 0.25) is 0 Å². The zero-order valence-electron chi connectivity index (χ0n) is 14.8. The smallest absolute Gasteiger partial charge is 0.161 e. The van der Waals surface area contributed by atoms with E-state index in [1.807, 2.05) is 48.5 Å². The zero-order chi connectivity index (χ0) is 17.8. The molecule has 0 N–H and O–H groups in total. The van der Waals surface area contributed by atoms with E-state index in [0.717, 1.165) is 35.7 Å². The van der Waals surface area contributed by atoms with Gasteiger partial charge in [-0.05, 0) is 54.4 Å². The molecule has 0 radical (unpaired) electrons. The van der Waals surface area contributed by atoms with Crippen molar-refractivity contribution in [3.05, 3.63) is 83.9 Å². The molecular weight excluding hydrogens is 322 g/mol. The van der Waals surface area contributed by atoms with Crippen LogP contribution in [-0.2, 0) is 13.0 Å². The normalized spacial score (nSPS) is 13.5. The van der Waals surface area contributed by atoms with Crippen LogP contribution in [0.5, 0.6) is 5.75 Å². The Bertz CT molecular complexity index is 904. The highest BCUT2D eigenvalue weighted by Gasteiger charge is 2.18. The van der Waals surface area contributed by atoms with Gasteiger partial charge in [0.25, 0.3) is 0 Å². The lowest BCUT2D eigenvalue weighted by Crippen LogP contribution is -2.31. The average Bonchev–Trinajstić information content (AvgIpc) is 2.72. The number of azo groups is 1. The number of ether oxygens (including phenoxy) is 1. The summed E-state index contributed by atoms with van der Waals surface area (Å²) in [5.74, 6) is 0.921. The monoisotopic (exact) mass is 343 g/mol. The first-order chi connectivity index (χ1) is 12.8. The van der Waals surface area contributed by atoms with Gasteiger partial charge in [0, 0.05) is 17.8 Å². The number of nitrogens with zero attached hydrogens (tertiary/aromatic N) is 3. The molecule has 0 amide bonds. The Morgan fingerprint density at radius 2 is 1.65 bits per heavy atom. The Labute approximate surface area is 153 Å². The predicted molar refractivity (Wildman–Crippen MR) is 105 cm³/mol. The number of benzene rings is 3. The Morgan fingerprint density at radius 1 is 0.885 bits per heavy atom. The third kappa shape index (κ3) is 3.59. The molecule has 4 nitrogen and oxygen atoms in total. The van der Waals surface area contributed by atoms with Gasteiger partial charge in [0.05, 0.1) is 11.4 Å². The summed E-state index contributed by atoms with van der Waals surface area (Å²) in [7, 11) is 0. The molecule has 0 saturated carbocycles. The lowest BCUT2D eigenvalue weighted by atomic mass is 10.1. The van der Waals surface area contributed by atoms with Gasteiger partial charge in [-0.3, -0.25) is 0 Å². The second kappa shape index (κ2) is 7.40. The highest BCUT2D eigenvalue weighted by molar-refractivity contribution is 5.54. The van der Waals surface area contributed by atoms with Crippen molar-refractivity contribution in [2.45, 2.75) is 19.9 Å². The average molecular weight is 343 g/mol. The number of anilines is 1. The molecule has 0 unspecified atom stereocenters. The molecule has 1 heterocycles. The second-order valence-electron chi connectivity index (χ2n) is 6.32. The molecule has 0 bridgehead atoms. The van der Waals surface area contributed by atoms with Crippen molar-refractivity contribution in [3.8, 4) is 5.75 Å². The number of hydrogen-bond donors (Lipinski definition) is 0. The zero-order valence-corrected chi connectivity index (χ0v) is 14.8. The lowest BCUT2D eigenvalue weighted by Gasteiger charge is -2.31. The van der Waals surface area contributed by atoms with Crippen LogP contribution in [0.4, 0.5) is 17.1 Å². The number of hydrogen-bond acceptors (Lipinski definition) is 4. The molecule has 0 saturated heterocycles. The van der Waals surface area contributed by atoms with E-state index >= 15 is 0 Å². The third-order valence-electron chi connectivity index (χ3n) is 4.53. The van der Waals surface area contributed by atoms with Crippen LogP contribution in [-0.4, -0.2) is 6.73 Å². The van der Waals surface area contributed by atoms with Crippen LogP contribution in [0.25, 0.3) is 0 Å². The summed E-state index contributed by atoms with van der Waals surface area (Å²) in [4.78, 5) is 2.22. The van der Waals surface area contributed by atoms with E-state index in [0.29, 0.717) is 6.73 Å². The summed E-state index contributed by atoms with van der Waals surface area (Å²) in [6, 6.07) is 24.4. The lowest BCUT2D eigenvalue weighted by molar-refractivity contribution is 0.289. The molecule has 3 aromatic carbocycles. The molecular formula is C22H21N3O. The molecule has 0 aliphatic carbocycles. The van der Waals surface area contributed by atoms with Crippen LogP contribution < -0.4 is 9.64 Å². The predicted octanol–water partition coefficient (Wildman–Crippen LogP) is 6.02. The second-order valence-corrected chi connectivity index (χ2v) is 6.32. The molecule has 4 rings (SSSR count). The SMILES string of the molecule is CCc1ccc(N2COc3ccc(N=Nc4ccccc4)cc3C2)cc1. The molecule has 0 aromatic heterocycles. The van der Waals surface area contributed by atoms with Crippen LogP contribution in [0.15, 0.2) is 83.0 Å². The first-order valence-electron chi connectivity index (χ1n) is 8.88. The quantitative estimate of drug-likeness (QED) is 0.543. The van der Waals surface area contributed by atoms with Crippen molar-refractivity contribution in [1.29, 1.82) is 0 Å². The molecule has 130 valence electrons. The van der Waals surface area contributed by atoms with Gasteiger partial charge in [-0.1, -0.05) is 37.3 Å². The number of fused-ring (bicyclic) bond motifs is 1. The summed E-state index contributed by atoms with van der Waals surface area (Å²) >= 11 is 0. The summed E-state index contributed by atoms with van der Waals surface area (Å²) in [6.07, 6.45) is 1.05. The van der Waals surface area contributed by atoms with E-state index in [1.54, 1.807) is 0 Å². The summed E-state index contributed by atoms with van der Waals surface area (Å²) in [6.45, 7) is 3.53. The first-order valence-corrected chi connectivity index (χ1v) is 8.88. The van der Waals surface area contributed by atoms with Gasteiger partial charge < -0.3 is 9.64 Å². The Morgan fingerprint density at radius 3 is 2.42 bits per heavy atom. The van der Waals surface area contributed by atoms with Crippen molar-refractivity contribution >= 4 is 17.1 Å². The number of rotatable bonds is 4. The summed E-state index contributed by atoms with van der Waals surface area (Å²) in [5, 5.41) is 8.65. The molecule has 1 aliphatic rings. The van der Waals surface area contributed by atoms with Crippen LogP contribution in [0.3, 0.4) is 0 Å². The fourth-order valence-corrected chi connectivity index (χ4v) is 3.01. The topological polar surface area (TPSA) is 37.2 Å². The first kappa shape index (κ1) is 16.3. The van der Waals surface area contributed by atoms with E-state index in [2.05, 4.69) is 46.3 Å². The van der Waals surface area contributed by atoms with Crippen molar-refractivity contribution in [2.75, 3.05) is 11.6 Å². The third-order valence-corrected chi connectivity index (χ3v) is 4.53. The fourth-order valence-electron chi connectivity index (χ4n) is 3.01. The van der Waals surface area contributed by atoms with Gasteiger partial charge in [-0.25, -0.2) is 0 Å². The molecule has 0 atom stereocenters. The van der Waals surface area contributed by atoms with E-state index in [-0.39, 0.29) is 0 Å². The van der Waals surface area contributed by atoms with Gasteiger partial charge in [-0.2, -0.15) is 10.2 Å². The van der Waals surface area contributed by atoms with Gasteiger partial charge >= 0.3 is 0 Å². The van der Waals surface area contributed by atoms with E-state index < -0.39 is 0 Å². The molecule has 3 aromatic rings. The fraction of sp³-hybridized carbons (Fsp3) is 0.182. The van der Waals surface area contributed by atoms with E-state index in [1.165, 1.54) is 11.3 Å². The van der Waals surface area contributed by atoms with Gasteiger partial charge in [0.15, 0.2) is 6.73 Å². The van der Waals surface area contributed by atoms with Crippen LogP contribution in [0.2, 0.25) is 0 Å². The standard InChI is InChI=1S/C22H21N3O/c1-2-17-8-11-21(12-9-17)25-15-18-14-20(10-13-22(18)26-16-25)24-23-19-6-4-3-5-7-19/h3-14H,2,15-16H2,1H3. The minimum atomic E-state index is 0.559. The molecule has 26 heavy (non-hydrogen) atoms. The molecule has 4 heteroatoms. The molecule has 0 spiro atoms. The highest BCUT2D eigenvalue weighted by Crippen LogP contribution is 2.32. The Hall–Kier alpha value is -3.14. The number of aryl methyl sites for hydroxylation is 1. The minimum absolute atomic E-state index is 0.559. The van der Waals surface area contributed by atoms with Crippen molar-refractivity contribution in [3.63, 3.8) is 0 Å². The van der Waals surface area contributed by atoms with Gasteiger partial charge in [-0.15, -0.1) is 0 Å². The minimum Gasteiger partial charge on any atom is -0.473 e. The van der Waals surface area contributed by atoms with Crippen LogP contribution in [0, 0.1) is 0 Å². The molecule has 0 fully saturated rings. The van der Waals surface area contributed by atoms with Gasteiger partial charge in [0.1, 0.15) is 5.75 Å². The largest absolute Gasteiger partial charge is 0.473 e. The maximum absolute atomic E-state index is 5.92.